The number of nitrogens with zero attached hydrogens (tertiary/aromatic N) is 2. The van der Waals surface area contributed by atoms with Gasteiger partial charge in [0, 0.05) is 32.4 Å². The van der Waals surface area contributed by atoms with Crippen LogP contribution in [0.2, 0.25) is 0 Å². The van der Waals surface area contributed by atoms with Gasteiger partial charge in [0.1, 0.15) is 6.54 Å². The summed E-state index contributed by atoms with van der Waals surface area (Å²) < 4.78 is 0. The highest BCUT2D eigenvalue weighted by atomic mass is 127. The molecule has 1 atom stereocenters. The first-order valence-electron chi connectivity index (χ1n) is 7.89. The number of thioether (sulfide) groups is 1. The molecular formula is C16H35IN4OS. The second-order valence-electron chi connectivity index (χ2n) is 7.02. The summed E-state index contributed by atoms with van der Waals surface area (Å²) in [5, 5.41) is 6.69. The maximum atomic E-state index is 11.7. The van der Waals surface area contributed by atoms with Crippen LogP contribution in [0.1, 0.15) is 40.5 Å². The molecule has 0 saturated carbocycles. The average molecular weight is 458 g/mol. The molecule has 0 spiro atoms. The zero-order valence-electron chi connectivity index (χ0n) is 15.7. The molecule has 0 radical (unpaired) electrons. The molecule has 0 aliphatic rings. The third kappa shape index (κ3) is 15.1. The number of amides is 1. The summed E-state index contributed by atoms with van der Waals surface area (Å²) in [5.74, 6) is 1.75. The summed E-state index contributed by atoms with van der Waals surface area (Å²) in [7, 11) is 3.50. The lowest BCUT2D eigenvalue weighted by atomic mass is 9.89. The first-order valence-corrected chi connectivity index (χ1v) is 9.29. The van der Waals surface area contributed by atoms with Gasteiger partial charge in [0.2, 0.25) is 5.91 Å². The van der Waals surface area contributed by atoms with Gasteiger partial charge in [-0.3, -0.25) is 4.79 Å². The highest BCUT2D eigenvalue weighted by Crippen LogP contribution is 2.21. The summed E-state index contributed by atoms with van der Waals surface area (Å²) in [6, 6.07) is 0.328. The number of rotatable bonds is 8. The molecule has 7 heteroatoms. The predicted octanol–water partition coefficient (Wildman–Crippen LogP) is 2.81. The summed E-state index contributed by atoms with van der Waals surface area (Å²) >= 11 is 1.78. The van der Waals surface area contributed by atoms with Crippen molar-refractivity contribution in [2.45, 2.75) is 46.6 Å². The van der Waals surface area contributed by atoms with E-state index in [4.69, 9.17) is 0 Å². The van der Waals surface area contributed by atoms with Gasteiger partial charge in [-0.1, -0.05) is 20.8 Å². The van der Waals surface area contributed by atoms with E-state index in [1.807, 2.05) is 0 Å². The smallest absolute Gasteiger partial charge is 0.243 e. The Labute approximate surface area is 163 Å². The van der Waals surface area contributed by atoms with Crippen LogP contribution in [0.25, 0.3) is 0 Å². The Bertz CT molecular complexity index is 356. The maximum Gasteiger partial charge on any atom is 0.243 e. The fourth-order valence-electron chi connectivity index (χ4n) is 1.67. The molecule has 0 aliphatic heterocycles. The molecule has 5 nitrogen and oxygen atoms in total. The predicted molar refractivity (Wildman–Crippen MR) is 114 cm³/mol. The lowest BCUT2D eigenvalue weighted by Crippen LogP contribution is -2.44. The molecule has 0 aromatic heterocycles. The summed E-state index contributed by atoms with van der Waals surface area (Å²) in [5.41, 5.74) is 0.334. The van der Waals surface area contributed by atoms with Crippen LogP contribution in [0.3, 0.4) is 0 Å². The molecule has 0 fully saturated rings. The first kappa shape index (κ1) is 25.1. The van der Waals surface area contributed by atoms with E-state index in [0.29, 0.717) is 11.5 Å². The number of carbonyl (C=O) groups excluding carboxylic acids is 1. The number of nitrogens with one attached hydrogen (secondary N) is 2. The van der Waals surface area contributed by atoms with E-state index >= 15 is 0 Å². The minimum Gasteiger partial charge on any atom is -0.356 e. The van der Waals surface area contributed by atoms with Gasteiger partial charge in [-0.15, -0.1) is 24.0 Å². The Morgan fingerprint density at radius 1 is 1.30 bits per heavy atom. The Morgan fingerprint density at radius 3 is 2.39 bits per heavy atom. The number of halogens is 1. The average Bonchev–Trinajstić information content (AvgIpc) is 2.41. The zero-order valence-corrected chi connectivity index (χ0v) is 18.9. The van der Waals surface area contributed by atoms with Crippen LogP contribution < -0.4 is 10.6 Å². The van der Waals surface area contributed by atoms with Crippen LogP contribution in [0.5, 0.6) is 0 Å². The topological polar surface area (TPSA) is 56.7 Å². The van der Waals surface area contributed by atoms with Crippen molar-refractivity contribution in [1.29, 1.82) is 0 Å². The van der Waals surface area contributed by atoms with E-state index in [2.05, 4.69) is 49.6 Å². The molecule has 0 rings (SSSR count). The van der Waals surface area contributed by atoms with Crippen LogP contribution in [0.4, 0.5) is 0 Å². The van der Waals surface area contributed by atoms with E-state index in [-0.39, 0.29) is 36.4 Å². The van der Waals surface area contributed by atoms with Crippen molar-refractivity contribution in [3.8, 4) is 0 Å². The van der Waals surface area contributed by atoms with Crippen LogP contribution in [-0.2, 0) is 4.79 Å². The van der Waals surface area contributed by atoms with Crippen molar-refractivity contribution in [3.05, 3.63) is 0 Å². The Kier molecular flexibility index (Phi) is 14.3. The molecule has 0 heterocycles. The third-order valence-electron chi connectivity index (χ3n) is 3.18. The first-order chi connectivity index (χ1) is 10.2. The van der Waals surface area contributed by atoms with Crippen molar-refractivity contribution >= 4 is 47.6 Å². The maximum absolute atomic E-state index is 11.7. The number of hydrogen-bond donors (Lipinski definition) is 2. The monoisotopic (exact) mass is 458 g/mol. The highest BCUT2D eigenvalue weighted by Gasteiger charge is 2.13. The van der Waals surface area contributed by atoms with E-state index < -0.39 is 0 Å². The van der Waals surface area contributed by atoms with Gasteiger partial charge in [-0.25, -0.2) is 4.99 Å². The fraction of sp³-hybridized carbons (Fsp3) is 0.875. The van der Waals surface area contributed by atoms with Crippen molar-refractivity contribution < 1.29 is 4.79 Å². The number of hydrogen-bond acceptors (Lipinski definition) is 3. The standard InChI is InChI=1S/C16H34N4OS.HI/c1-13(8-9-16(2,3)4)19-15(17-10-11-22-7)18-12-14(21)20(5)6;/h13H,8-12H2,1-7H3,(H2,17,18,19);1H. The fourth-order valence-corrected chi connectivity index (χ4v) is 1.97. The molecule has 2 N–H and O–H groups in total. The third-order valence-corrected chi connectivity index (χ3v) is 3.79. The van der Waals surface area contributed by atoms with Gasteiger partial charge in [-0.2, -0.15) is 11.8 Å². The van der Waals surface area contributed by atoms with Crippen LogP contribution in [0.15, 0.2) is 4.99 Å². The highest BCUT2D eigenvalue weighted by molar-refractivity contribution is 14.0. The van der Waals surface area contributed by atoms with Gasteiger partial charge in [-0.05, 0) is 31.4 Å². The summed E-state index contributed by atoms with van der Waals surface area (Å²) in [4.78, 5) is 17.6. The van der Waals surface area contributed by atoms with Gasteiger partial charge >= 0.3 is 0 Å². The van der Waals surface area contributed by atoms with E-state index in [1.165, 1.54) is 0 Å². The molecule has 23 heavy (non-hydrogen) atoms. The van der Waals surface area contributed by atoms with E-state index in [1.54, 1.807) is 30.8 Å². The molecule has 0 aliphatic carbocycles. The van der Waals surface area contributed by atoms with Gasteiger partial charge in [0.25, 0.3) is 0 Å². The molecule has 1 unspecified atom stereocenters. The molecule has 0 aromatic carbocycles. The van der Waals surface area contributed by atoms with Gasteiger partial charge in [0.15, 0.2) is 5.96 Å². The molecule has 0 bridgehead atoms. The van der Waals surface area contributed by atoms with E-state index in [0.717, 1.165) is 31.1 Å². The van der Waals surface area contributed by atoms with Crippen LogP contribution in [0, 0.1) is 5.41 Å². The number of aliphatic imine (C=N–C) groups is 1. The van der Waals surface area contributed by atoms with Crippen molar-refractivity contribution in [2.75, 3.05) is 39.2 Å². The second-order valence-corrected chi connectivity index (χ2v) is 8.00. The summed E-state index contributed by atoms with van der Waals surface area (Å²) in [6.07, 6.45) is 4.30. The largest absolute Gasteiger partial charge is 0.356 e. The molecular weight excluding hydrogens is 423 g/mol. The molecule has 0 saturated heterocycles. The summed E-state index contributed by atoms with van der Waals surface area (Å²) in [6.45, 7) is 9.93. The Hall–Kier alpha value is -0.180. The Balaban J connectivity index is 0. The molecule has 138 valence electrons. The van der Waals surface area contributed by atoms with Crippen molar-refractivity contribution in [2.24, 2.45) is 10.4 Å². The van der Waals surface area contributed by atoms with Crippen LogP contribution >= 0.6 is 35.7 Å². The zero-order chi connectivity index (χ0) is 17.2. The quantitative estimate of drug-likeness (QED) is 0.254. The van der Waals surface area contributed by atoms with Crippen molar-refractivity contribution in [1.82, 2.24) is 15.5 Å². The number of carbonyl (C=O) groups is 1. The minimum absolute atomic E-state index is 0. The van der Waals surface area contributed by atoms with Gasteiger partial charge < -0.3 is 15.5 Å². The van der Waals surface area contributed by atoms with Crippen molar-refractivity contribution in [3.63, 3.8) is 0 Å². The number of likely N-dealkylation sites (N-methyl/N-ethyl adjacent to an activating group) is 1. The number of guanidine groups is 1. The van der Waals surface area contributed by atoms with Gasteiger partial charge in [0.05, 0.1) is 0 Å². The molecule has 1 amide bonds. The lowest BCUT2D eigenvalue weighted by Gasteiger charge is -2.23. The normalized spacial score (nSPS) is 13.1. The SMILES string of the molecule is CSCCNC(=NCC(=O)N(C)C)NC(C)CCC(C)(C)C.I. The molecule has 0 aromatic rings. The second kappa shape index (κ2) is 13.1. The van der Waals surface area contributed by atoms with Crippen LogP contribution in [-0.4, -0.2) is 62.0 Å². The lowest BCUT2D eigenvalue weighted by molar-refractivity contribution is -0.127. The van der Waals surface area contributed by atoms with E-state index in [9.17, 15) is 4.79 Å². The minimum atomic E-state index is 0. The Morgan fingerprint density at radius 2 is 1.91 bits per heavy atom.